The molecule has 0 aliphatic rings. The Morgan fingerprint density at radius 2 is 2.04 bits per heavy atom. The van der Waals surface area contributed by atoms with Gasteiger partial charge in [-0.05, 0) is 51.0 Å². The molecule has 1 aromatic carbocycles. The maximum Gasteiger partial charge on any atom is 0.191 e. The standard InChI is InChI=1S/C18H26FN5O.HI/c1-4-20-18(22-12-15-6-7-17(25)16(19)11-15)21-8-5-9-24-14(3)10-13(2)23-24;/h6-7,10-11,25H,4-5,8-9,12H2,1-3H3,(H2,20,21,22);1H. The van der Waals surface area contributed by atoms with Crippen LogP contribution in [-0.2, 0) is 13.1 Å². The van der Waals surface area contributed by atoms with Crippen molar-refractivity contribution in [3.05, 3.63) is 47.0 Å². The topological polar surface area (TPSA) is 74.5 Å². The van der Waals surface area contributed by atoms with Crippen molar-refractivity contribution < 1.29 is 9.50 Å². The molecule has 2 aromatic rings. The van der Waals surface area contributed by atoms with Crippen molar-refractivity contribution in [3.63, 3.8) is 0 Å². The summed E-state index contributed by atoms with van der Waals surface area (Å²) in [6, 6.07) is 6.37. The lowest BCUT2D eigenvalue weighted by Crippen LogP contribution is -2.38. The van der Waals surface area contributed by atoms with Gasteiger partial charge >= 0.3 is 0 Å². The van der Waals surface area contributed by atoms with Gasteiger partial charge in [0.05, 0.1) is 12.2 Å². The number of guanidine groups is 1. The van der Waals surface area contributed by atoms with Crippen molar-refractivity contribution in [2.24, 2.45) is 4.99 Å². The molecule has 0 amide bonds. The molecule has 6 nitrogen and oxygen atoms in total. The SMILES string of the molecule is CCNC(=NCc1ccc(O)c(F)c1)NCCCn1nc(C)cc1C.I. The fourth-order valence-electron chi connectivity index (χ4n) is 2.50. The first-order valence-corrected chi connectivity index (χ1v) is 8.50. The second-order valence-corrected chi connectivity index (χ2v) is 5.91. The van der Waals surface area contributed by atoms with Crippen LogP contribution in [0, 0.1) is 19.7 Å². The van der Waals surface area contributed by atoms with Gasteiger partial charge in [0.1, 0.15) is 0 Å². The number of aromatic nitrogens is 2. The molecular formula is C18H27FIN5O. The van der Waals surface area contributed by atoms with Crippen LogP contribution < -0.4 is 10.6 Å². The predicted octanol–water partition coefficient (Wildman–Crippen LogP) is 3.11. The van der Waals surface area contributed by atoms with Crippen LogP contribution in [0.3, 0.4) is 0 Å². The summed E-state index contributed by atoms with van der Waals surface area (Å²) in [7, 11) is 0. The third-order valence-corrected chi connectivity index (χ3v) is 3.72. The van der Waals surface area contributed by atoms with Gasteiger partial charge in [0.2, 0.25) is 0 Å². The summed E-state index contributed by atoms with van der Waals surface area (Å²) in [5, 5.41) is 20.1. The smallest absolute Gasteiger partial charge is 0.191 e. The maximum absolute atomic E-state index is 13.4. The van der Waals surface area contributed by atoms with Gasteiger partial charge in [0, 0.05) is 25.3 Å². The molecule has 0 spiro atoms. The Morgan fingerprint density at radius 1 is 1.27 bits per heavy atom. The highest BCUT2D eigenvalue weighted by Crippen LogP contribution is 2.16. The van der Waals surface area contributed by atoms with Crippen molar-refractivity contribution in [1.29, 1.82) is 0 Å². The Balaban J connectivity index is 0.00000338. The first-order valence-electron chi connectivity index (χ1n) is 8.50. The number of hydrogen-bond acceptors (Lipinski definition) is 3. The minimum absolute atomic E-state index is 0. The van der Waals surface area contributed by atoms with E-state index in [2.05, 4.69) is 33.7 Å². The number of halogens is 2. The molecule has 144 valence electrons. The lowest BCUT2D eigenvalue weighted by atomic mass is 10.2. The van der Waals surface area contributed by atoms with Crippen LogP contribution >= 0.6 is 24.0 Å². The monoisotopic (exact) mass is 475 g/mol. The van der Waals surface area contributed by atoms with E-state index in [9.17, 15) is 9.50 Å². The highest BCUT2D eigenvalue weighted by Gasteiger charge is 2.03. The Labute approximate surface area is 170 Å². The molecule has 26 heavy (non-hydrogen) atoms. The molecule has 0 bridgehead atoms. The largest absolute Gasteiger partial charge is 0.505 e. The van der Waals surface area contributed by atoms with Crippen LogP contribution in [0.5, 0.6) is 5.75 Å². The van der Waals surface area contributed by atoms with Gasteiger partial charge in [-0.2, -0.15) is 5.10 Å². The van der Waals surface area contributed by atoms with Crippen molar-refractivity contribution in [3.8, 4) is 5.75 Å². The van der Waals surface area contributed by atoms with Gasteiger partial charge in [0.15, 0.2) is 17.5 Å². The summed E-state index contributed by atoms with van der Waals surface area (Å²) in [4.78, 5) is 4.44. The van der Waals surface area contributed by atoms with Crippen LogP contribution in [0.15, 0.2) is 29.3 Å². The van der Waals surface area contributed by atoms with Crippen molar-refractivity contribution in [2.45, 2.75) is 40.3 Å². The number of phenols is 1. The molecule has 0 saturated carbocycles. The third kappa shape index (κ3) is 6.81. The zero-order chi connectivity index (χ0) is 18.2. The summed E-state index contributed by atoms with van der Waals surface area (Å²) in [6.07, 6.45) is 0.917. The molecule has 0 radical (unpaired) electrons. The van der Waals surface area contributed by atoms with Crippen LogP contribution in [0.4, 0.5) is 4.39 Å². The zero-order valence-electron chi connectivity index (χ0n) is 15.4. The van der Waals surface area contributed by atoms with Crippen molar-refractivity contribution in [1.82, 2.24) is 20.4 Å². The van der Waals surface area contributed by atoms with Crippen LogP contribution in [0.1, 0.15) is 30.3 Å². The zero-order valence-corrected chi connectivity index (χ0v) is 17.8. The van der Waals surface area contributed by atoms with Gasteiger partial charge in [-0.1, -0.05) is 6.07 Å². The lowest BCUT2D eigenvalue weighted by Gasteiger charge is -2.12. The number of aromatic hydroxyl groups is 1. The third-order valence-electron chi connectivity index (χ3n) is 3.72. The molecule has 0 fully saturated rings. The van der Waals surface area contributed by atoms with Crippen molar-refractivity contribution >= 4 is 29.9 Å². The number of rotatable bonds is 7. The van der Waals surface area contributed by atoms with E-state index < -0.39 is 5.82 Å². The average Bonchev–Trinajstić information content (AvgIpc) is 2.89. The summed E-state index contributed by atoms with van der Waals surface area (Å²) in [5.74, 6) is -0.290. The summed E-state index contributed by atoms with van der Waals surface area (Å²) in [6.45, 7) is 8.72. The van der Waals surface area contributed by atoms with E-state index in [1.54, 1.807) is 6.07 Å². The Kier molecular flexibility index (Phi) is 9.39. The molecule has 0 atom stereocenters. The quantitative estimate of drug-likeness (QED) is 0.249. The predicted molar refractivity (Wildman–Crippen MR) is 113 cm³/mol. The molecule has 0 aliphatic carbocycles. The molecule has 1 aromatic heterocycles. The van der Waals surface area contributed by atoms with Gasteiger partial charge in [-0.3, -0.25) is 4.68 Å². The Bertz CT molecular complexity index is 732. The summed E-state index contributed by atoms with van der Waals surface area (Å²) < 4.78 is 15.4. The number of aryl methyl sites for hydroxylation is 3. The molecule has 2 rings (SSSR count). The van der Waals surface area contributed by atoms with E-state index in [1.165, 1.54) is 12.1 Å². The number of nitrogens with one attached hydrogen (secondary N) is 2. The van der Waals surface area contributed by atoms with E-state index >= 15 is 0 Å². The number of nitrogens with zero attached hydrogens (tertiary/aromatic N) is 3. The van der Waals surface area contributed by atoms with Gasteiger partial charge in [-0.15, -0.1) is 24.0 Å². The first-order chi connectivity index (χ1) is 12.0. The molecule has 0 unspecified atom stereocenters. The molecule has 8 heteroatoms. The van der Waals surface area contributed by atoms with E-state index in [-0.39, 0.29) is 29.7 Å². The molecular weight excluding hydrogens is 448 g/mol. The number of benzene rings is 1. The fraction of sp³-hybridized carbons (Fsp3) is 0.444. The normalized spacial score (nSPS) is 11.2. The highest BCUT2D eigenvalue weighted by molar-refractivity contribution is 14.0. The van der Waals surface area contributed by atoms with E-state index in [4.69, 9.17) is 0 Å². The summed E-state index contributed by atoms with van der Waals surface area (Å²) in [5.41, 5.74) is 2.89. The van der Waals surface area contributed by atoms with Gasteiger partial charge in [0.25, 0.3) is 0 Å². The van der Waals surface area contributed by atoms with Gasteiger partial charge < -0.3 is 15.7 Å². The number of hydrogen-bond donors (Lipinski definition) is 3. The minimum atomic E-state index is -0.629. The van der Waals surface area contributed by atoms with E-state index in [1.807, 2.05) is 18.5 Å². The Hall–Kier alpha value is -1.84. The van der Waals surface area contributed by atoms with Crippen LogP contribution in [0.25, 0.3) is 0 Å². The van der Waals surface area contributed by atoms with Crippen LogP contribution in [-0.4, -0.2) is 33.9 Å². The molecule has 0 saturated heterocycles. The first kappa shape index (κ1) is 22.2. The van der Waals surface area contributed by atoms with E-state index in [0.717, 1.165) is 37.4 Å². The van der Waals surface area contributed by atoms with Crippen molar-refractivity contribution in [2.75, 3.05) is 13.1 Å². The fourth-order valence-corrected chi connectivity index (χ4v) is 2.50. The maximum atomic E-state index is 13.4. The lowest BCUT2D eigenvalue weighted by molar-refractivity contribution is 0.432. The minimum Gasteiger partial charge on any atom is -0.505 e. The van der Waals surface area contributed by atoms with Gasteiger partial charge in [-0.25, -0.2) is 9.38 Å². The molecule has 3 N–H and O–H groups in total. The average molecular weight is 475 g/mol. The highest BCUT2D eigenvalue weighted by atomic mass is 127. The second-order valence-electron chi connectivity index (χ2n) is 5.91. The summed E-state index contributed by atoms with van der Waals surface area (Å²) >= 11 is 0. The molecule has 0 aliphatic heterocycles. The second kappa shape index (κ2) is 11.0. The van der Waals surface area contributed by atoms with Crippen LogP contribution in [0.2, 0.25) is 0 Å². The Morgan fingerprint density at radius 3 is 2.65 bits per heavy atom. The molecule has 1 heterocycles. The number of aliphatic imine (C=N–C) groups is 1. The number of phenolic OH excluding ortho intramolecular Hbond substituents is 1. The van der Waals surface area contributed by atoms with E-state index in [0.29, 0.717) is 18.1 Å².